The first kappa shape index (κ1) is 17.3. The number of hydrogen-bond acceptors (Lipinski definition) is 4. The minimum absolute atomic E-state index is 0.0710. The smallest absolute Gasteiger partial charge is 0.377 e. The molecular formula is C9H14F4O4S. The molecule has 0 amide bonds. The third-order valence-electron chi connectivity index (χ3n) is 1.85. The summed E-state index contributed by atoms with van der Waals surface area (Å²) in [7, 11) is -5.71. The SMILES string of the molecule is C=CCOCC(C)(CF)COS(=O)(=O)C(F)(F)F. The van der Waals surface area contributed by atoms with Crippen LogP contribution in [0.25, 0.3) is 0 Å². The standard InChI is InChI=1S/C9H14F4O4S/c1-3-4-16-6-8(2,5-10)7-17-18(14,15)9(11,12)13/h3H,1,4-7H2,2H3. The van der Waals surface area contributed by atoms with Gasteiger partial charge in [-0.1, -0.05) is 13.0 Å². The molecule has 0 rings (SSSR count). The first-order chi connectivity index (χ1) is 8.08. The van der Waals surface area contributed by atoms with Crippen molar-refractivity contribution >= 4 is 10.1 Å². The van der Waals surface area contributed by atoms with Crippen LogP contribution in [0, 0.1) is 5.41 Å². The first-order valence-electron chi connectivity index (χ1n) is 4.78. The van der Waals surface area contributed by atoms with Crippen LogP contribution >= 0.6 is 0 Å². The number of hydrogen-bond donors (Lipinski definition) is 0. The van der Waals surface area contributed by atoms with Gasteiger partial charge in [0.2, 0.25) is 0 Å². The van der Waals surface area contributed by atoms with Crippen molar-refractivity contribution in [2.75, 3.05) is 26.5 Å². The number of halogens is 4. The topological polar surface area (TPSA) is 52.6 Å². The first-order valence-corrected chi connectivity index (χ1v) is 6.19. The van der Waals surface area contributed by atoms with Crippen molar-refractivity contribution in [2.24, 2.45) is 5.41 Å². The van der Waals surface area contributed by atoms with Crippen molar-refractivity contribution in [3.05, 3.63) is 12.7 Å². The molecule has 0 saturated carbocycles. The molecule has 108 valence electrons. The highest BCUT2D eigenvalue weighted by atomic mass is 32.2. The lowest BCUT2D eigenvalue weighted by atomic mass is 9.95. The monoisotopic (exact) mass is 294 g/mol. The number of ether oxygens (including phenoxy) is 1. The molecule has 0 heterocycles. The molecule has 0 bridgehead atoms. The van der Waals surface area contributed by atoms with Crippen LogP contribution in [0.3, 0.4) is 0 Å². The van der Waals surface area contributed by atoms with Crippen LogP contribution in [0.2, 0.25) is 0 Å². The molecule has 0 aromatic heterocycles. The van der Waals surface area contributed by atoms with Crippen LogP contribution in [0.15, 0.2) is 12.7 Å². The molecule has 0 spiro atoms. The minimum atomic E-state index is -5.71. The molecule has 18 heavy (non-hydrogen) atoms. The summed E-state index contributed by atoms with van der Waals surface area (Å²) >= 11 is 0. The molecule has 0 N–H and O–H groups in total. The van der Waals surface area contributed by atoms with E-state index in [2.05, 4.69) is 10.8 Å². The van der Waals surface area contributed by atoms with E-state index in [1.807, 2.05) is 0 Å². The molecule has 0 aliphatic rings. The van der Waals surface area contributed by atoms with E-state index >= 15 is 0 Å². The Kier molecular flexibility index (Phi) is 6.24. The molecule has 4 nitrogen and oxygen atoms in total. The van der Waals surface area contributed by atoms with E-state index in [9.17, 15) is 26.0 Å². The van der Waals surface area contributed by atoms with Crippen LogP contribution in [-0.4, -0.2) is 40.4 Å². The zero-order valence-corrected chi connectivity index (χ0v) is 10.5. The van der Waals surface area contributed by atoms with Gasteiger partial charge in [-0.15, -0.1) is 6.58 Å². The summed E-state index contributed by atoms with van der Waals surface area (Å²) < 4.78 is 78.5. The summed E-state index contributed by atoms with van der Waals surface area (Å²) in [5.74, 6) is 0. The van der Waals surface area contributed by atoms with E-state index in [-0.39, 0.29) is 13.2 Å². The highest BCUT2D eigenvalue weighted by molar-refractivity contribution is 7.87. The molecule has 0 aromatic carbocycles. The van der Waals surface area contributed by atoms with E-state index < -0.39 is 34.3 Å². The van der Waals surface area contributed by atoms with Gasteiger partial charge < -0.3 is 4.74 Å². The predicted octanol–water partition coefficient (Wildman–Crippen LogP) is 2.03. The summed E-state index contributed by atoms with van der Waals surface area (Å²) in [6.07, 6.45) is 1.37. The molecule has 0 saturated heterocycles. The Labute approximate surface area is 103 Å². The highest BCUT2D eigenvalue weighted by Gasteiger charge is 2.48. The van der Waals surface area contributed by atoms with Crippen LogP contribution in [-0.2, 0) is 19.0 Å². The van der Waals surface area contributed by atoms with Gasteiger partial charge in [0.05, 0.1) is 26.5 Å². The molecule has 0 fully saturated rings. The molecule has 0 aromatic rings. The molecule has 9 heteroatoms. The van der Waals surface area contributed by atoms with Gasteiger partial charge >= 0.3 is 15.6 Å². The fraction of sp³-hybridized carbons (Fsp3) is 0.778. The Hall–Kier alpha value is -0.670. The zero-order chi connectivity index (χ0) is 14.4. The van der Waals surface area contributed by atoms with Gasteiger partial charge in [0.15, 0.2) is 0 Å². The Balaban J connectivity index is 4.51. The largest absolute Gasteiger partial charge is 0.523 e. The summed E-state index contributed by atoms with van der Waals surface area (Å²) in [6, 6.07) is 0. The highest BCUT2D eigenvalue weighted by Crippen LogP contribution is 2.27. The molecule has 0 aliphatic carbocycles. The van der Waals surface area contributed by atoms with Crippen molar-refractivity contribution in [1.29, 1.82) is 0 Å². The van der Waals surface area contributed by atoms with E-state index in [1.165, 1.54) is 13.0 Å². The maximum Gasteiger partial charge on any atom is 0.523 e. The molecular weight excluding hydrogens is 280 g/mol. The lowest BCUT2D eigenvalue weighted by molar-refractivity contribution is -0.0594. The average Bonchev–Trinajstić information content (AvgIpc) is 2.25. The zero-order valence-electron chi connectivity index (χ0n) is 9.67. The van der Waals surface area contributed by atoms with Crippen molar-refractivity contribution in [3.8, 4) is 0 Å². The second-order valence-electron chi connectivity index (χ2n) is 3.91. The Morgan fingerprint density at radius 2 is 1.83 bits per heavy atom. The second-order valence-corrected chi connectivity index (χ2v) is 5.52. The van der Waals surface area contributed by atoms with Crippen LogP contribution < -0.4 is 0 Å². The normalized spacial score (nSPS) is 16.3. The number of alkyl halides is 4. The van der Waals surface area contributed by atoms with E-state index in [0.29, 0.717) is 0 Å². The van der Waals surface area contributed by atoms with Crippen LogP contribution in [0.5, 0.6) is 0 Å². The van der Waals surface area contributed by atoms with Gasteiger partial charge in [0.25, 0.3) is 0 Å². The number of rotatable bonds is 8. The fourth-order valence-corrected chi connectivity index (χ4v) is 1.37. The van der Waals surface area contributed by atoms with Gasteiger partial charge in [-0.05, 0) is 0 Å². The third-order valence-corrected chi connectivity index (χ3v) is 2.85. The van der Waals surface area contributed by atoms with E-state index in [4.69, 9.17) is 4.74 Å². The van der Waals surface area contributed by atoms with Crippen molar-refractivity contribution in [1.82, 2.24) is 0 Å². The minimum Gasteiger partial charge on any atom is -0.377 e. The van der Waals surface area contributed by atoms with Gasteiger partial charge in [0, 0.05) is 5.41 Å². The fourth-order valence-electron chi connectivity index (χ4n) is 0.794. The lowest BCUT2D eigenvalue weighted by Crippen LogP contribution is -2.35. The molecule has 0 aliphatic heterocycles. The average molecular weight is 294 g/mol. The maximum absolute atomic E-state index is 12.7. The summed E-state index contributed by atoms with van der Waals surface area (Å²) in [5.41, 5.74) is -6.99. The summed E-state index contributed by atoms with van der Waals surface area (Å²) in [4.78, 5) is 0. The Morgan fingerprint density at radius 3 is 2.22 bits per heavy atom. The van der Waals surface area contributed by atoms with E-state index in [0.717, 1.165) is 0 Å². The molecule has 0 radical (unpaired) electrons. The lowest BCUT2D eigenvalue weighted by Gasteiger charge is -2.25. The Morgan fingerprint density at radius 1 is 1.28 bits per heavy atom. The molecule has 1 atom stereocenters. The predicted molar refractivity (Wildman–Crippen MR) is 56.0 cm³/mol. The van der Waals surface area contributed by atoms with Crippen molar-refractivity contribution in [2.45, 2.75) is 12.4 Å². The van der Waals surface area contributed by atoms with E-state index in [1.54, 1.807) is 0 Å². The van der Waals surface area contributed by atoms with Crippen molar-refractivity contribution < 1.29 is 34.9 Å². The maximum atomic E-state index is 12.7. The van der Waals surface area contributed by atoms with Gasteiger partial charge in [-0.3, -0.25) is 8.57 Å². The van der Waals surface area contributed by atoms with Crippen LogP contribution in [0.1, 0.15) is 6.92 Å². The second kappa shape index (κ2) is 6.48. The van der Waals surface area contributed by atoms with Crippen LogP contribution in [0.4, 0.5) is 17.6 Å². The quantitative estimate of drug-likeness (QED) is 0.226. The van der Waals surface area contributed by atoms with Gasteiger partial charge in [-0.25, -0.2) is 0 Å². The summed E-state index contributed by atoms with van der Waals surface area (Å²) in [5, 5.41) is 0. The third kappa shape index (κ3) is 5.32. The van der Waals surface area contributed by atoms with Gasteiger partial charge in [0.1, 0.15) is 0 Å². The molecule has 1 unspecified atom stereocenters. The Bertz CT molecular complexity index is 365. The van der Waals surface area contributed by atoms with Gasteiger partial charge in [-0.2, -0.15) is 21.6 Å². The van der Waals surface area contributed by atoms with Crippen molar-refractivity contribution in [3.63, 3.8) is 0 Å². The summed E-state index contributed by atoms with van der Waals surface area (Å²) in [6.45, 7) is 2.28.